The zero-order chi connectivity index (χ0) is 11.4. The second-order valence-electron chi connectivity index (χ2n) is 2.18. The van der Waals surface area contributed by atoms with Crippen molar-refractivity contribution >= 4 is 16.5 Å². The average molecular weight is 232 g/mol. The normalized spacial score (nSPS) is 15.9. The van der Waals surface area contributed by atoms with Crippen molar-refractivity contribution in [1.29, 1.82) is 0 Å². The fourth-order valence-corrected chi connectivity index (χ4v) is 0.386. The zero-order valence-electron chi connectivity index (χ0n) is 6.95. The Kier molecular flexibility index (Phi) is 4.23. The predicted molar refractivity (Wildman–Crippen MR) is 39.9 cm³/mol. The van der Waals surface area contributed by atoms with Gasteiger partial charge in [-0.1, -0.05) is 0 Å². The molecule has 0 saturated carbocycles. The predicted octanol–water partition coefficient (Wildman–Crippen LogP) is -0.496. The first kappa shape index (κ1) is 13.1. The third kappa shape index (κ3) is 4.94. The molecule has 0 amide bonds. The van der Waals surface area contributed by atoms with Crippen molar-refractivity contribution in [2.24, 2.45) is 4.99 Å². The zero-order valence-corrected chi connectivity index (χ0v) is 7.76. The number of allylic oxidation sites excluding steroid dienone is 1. The van der Waals surface area contributed by atoms with Gasteiger partial charge in [0, 0.05) is 0 Å². The lowest BCUT2D eigenvalue weighted by atomic mass is 10.6. The van der Waals surface area contributed by atoms with Gasteiger partial charge in [-0.3, -0.25) is 5.32 Å². The summed E-state index contributed by atoms with van der Waals surface area (Å²) in [5, 5.41) is 1.93. The molecule has 0 atom stereocenters. The molecule has 0 bridgehead atoms. The molecular weight excluding hydrogens is 225 g/mol. The SMILES string of the molecule is CC1=C[NH2+]C=N1.O=S(=O)([O-])C(F)(F)F. The largest absolute Gasteiger partial charge is 0.741 e. The molecule has 0 saturated heterocycles. The molecule has 9 heteroatoms. The first-order chi connectivity index (χ1) is 6.14. The molecule has 14 heavy (non-hydrogen) atoms. The van der Waals surface area contributed by atoms with Crippen LogP contribution in [0.15, 0.2) is 16.9 Å². The van der Waals surface area contributed by atoms with E-state index >= 15 is 0 Å². The van der Waals surface area contributed by atoms with Crippen LogP contribution in [0.2, 0.25) is 0 Å². The third-order valence-corrected chi connectivity index (χ3v) is 1.55. The second kappa shape index (κ2) is 4.53. The van der Waals surface area contributed by atoms with Gasteiger partial charge in [-0.05, 0) is 6.92 Å². The Labute approximate surface area is 78.1 Å². The monoisotopic (exact) mass is 232 g/mol. The fraction of sp³-hybridized carbons (Fsp3) is 0.400. The van der Waals surface area contributed by atoms with E-state index in [1.807, 2.05) is 18.4 Å². The van der Waals surface area contributed by atoms with Crippen molar-refractivity contribution in [3.63, 3.8) is 0 Å². The van der Waals surface area contributed by atoms with Gasteiger partial charge in [0.05, 0.1) is 5.70 Å². The van der Waals surface area contributed by atoms with Gasteiger partial charge in [-0.25, -0.2) is 13.4 Å². The molecule has 1 heterocycles. The highest BCUT2D eigenvalue weighted by atomic mass is 32.2. The van der Waals surface area contributed by atoms with Gasteiger partial charge in [0.2, 0.25) is 0 Å². The van der Waals surface area contributed by atoms with E-state index in [1.165, 1.54) is 0 Å². The minimum Gasteiger partial charge on any atom is -0.741 e. The van der Waals surface area contributed by atoms with Crippen LogP contribution in [-0.4, -0.2) is 24.8 Å². The van der Waals surface area contributed by atoms with Crippen LogP contribution >= 0.6 is 0 Å². The number of rotatable bonds is 0. The van der Waals surface area contributed by atoms with Crippen LogP contribution in [0.1, 0.15) is 6.92 Å². The van der Waals surface area contributed by atoms with Gasteiger partial charge in [0.25, 0.3) is 0 Å². The number of nitrogens with two attached hydrogens (primary N) is 1. The third-order valence-electron chi connectivity index (χ3n) is 0.985. The molecule has 0 radical (unpaired) electrons. The number of quaternary nitrogens is 1. The smallest absolute Gasteiger partial charge is 0.485 e. The summed E-state index contributed by atoms with van der Waals surface area (Å²) in [7, 11) is -6.09. The van der Waals surface area contributed by atoms with E-state index < -0.39 is 15.6 Å². The maximum absolute atomic E-state index is 10.7. The van der Waals surface area contributed by atoms with Crippen molar-refractivity contribution in [2.75, 3.05) is 0 Å². The van der Waals surface area contributed by atoms with Gasteiger partial charge in [0.15, 0.2) is 16.5 Å². The highest BCUT2D eigenvalue weighted by Gasteiger charge is 2.36. The van der Waals surface area contributed by atoms with E-state index in [0.717, 1.165) is 5.70 Å². The Morgan fingerprint density at radius 1 is 1.50 bits per heavy atom. The minimum atomic E-state index is -6.09. The van der Waals surface area contributed by atoms with E-state index in [4.69, 9.17) is 13.0 Å². The molecule has 82 valence electrons. The molecule has 1 aliphatic heterocycles. The number of halogens is 3. The van der Waals surface area contributed by atoms with Crippen molar-refractivity contribution in [3.8, 4) is 0 Å². The highest BCUT2D eigenvalue weighted by molar-refractivity contribution is 7.86. The van der Waals surface area contributed by atoms with Crippen molar-refractivity contribution in [3.05, 3.63) is 11.9 Å². The van der Waals surface area contributed by atoms with Crippen LogP contribution in [0.25, 0.3) is 0 Å². The van der Waals surface area contributed by atoms with Gasteiger partial charge >= 0.3 is 5.51 Å². The summed E-state index contributed by atoms with van der Waals surface area (Å²) >= 11 is 0. The van der Waals surface area contributed by atoms with E-state index in [9.17, 15) is 13.2 Å². The maximum atomic E-state index is 10.7. The van der Waals surface area contributed by atoms with Gasteiger partial charge in [0.1, 0.15) is 6.20 Å². The lowest BCUT2D eigenvalue weighted by molar-refractivity contribution is -0.447. The van der Waals surface area contributed by atoms with Crippen LogP contribution in [-0.2, 0) is 10.1 Å². The Morgan fingerprint density at radius 2 is 1.93 bits per heavy atom. The van der Waals surface area contributed by atoms with Crippen LogP contribution in [0.4, 0.5) is 13.2 Å². The second-order valence-corrected chi connectivity index (χ2v) is 3.55. The molecule has 0 fully saturated rings. The molecule has 1 aliphatic rings. The lowest BCUT2D eigenvalue weighted by Gasteiger charge is -2.08. The Hall–Kier alpha value is -0.930. The molecule has 5 nitrogen and oxygen atoms in total. The first-order valence-electron chi connectivity index (χ1n) is 3.21. The molecule has 2 N–H and O–H groups in total. The lowest BCUT2D eigenvalue weighted by Crippen LogP contribution is -2.74. The number of hydrogen-bond acceptors (Lipinski definition) is 4. The Bertz CT molecular complexity index is 341. The average Bonchev–Trinajstić information content (AvgIpc) is 2.35. The molecule has 0 aromatic heterocycles. The quantitative estimate of drug-likeness (QED) is 0.451. The van der Waals surface area contributed by atoms with E-state index in [0.29, 0.717) is 0 Å². The Balaban J connectivity index is 0.000000249. The standard InChI is InChI=1S/C4H6N2.CHF3O3S/c1-4-2-5-3-6-4;2-1(3,4)8(5,6)7/h2-3H,1H3,(H,5,6);(H,5,6,7). The van der Waals surface area contributed by atoms with Gasteiger partial charge in [-0.2, -0.15) is 13.2 Å². The van der Waals surface area contributed by atoms with Crippen molar-refractivity contribution in [1.82, 2.24) is 0 Å². The summed E-state index contributed by atoms with van der Waals surface area (Å²) in [5.74, 6) is 0. The fourth-order valence-electron chi connectivity index (χ4n) is 0.386. The first-order valence-corrected chi connectivity index (χ1v) is 4.62. The Morgan fingerprint density at radius 3 is 2.00 bits per heavy atom. The van der Waals surface area contributed by atoms with Crippen LogP contribution in [0.5, 0.6) is 0 Å². The number of nitrogens with zero attached hydrogens (tertiary/aromatic N) is 1. The van der Waals surface area contributed by atoms with Crippen molar-refractivity contribution in [2.45, 2.75) is 12.4 Å². The maximum Gasteiger partial charge on any atom is 0.485 e. The molecular formula is C5H7F3N2O3S. The summed E-state index contributed by atoms with van der Waals surface area (Å²) in [6.07, 6.45) is 3.76. The molecule has 0 unspecified atom stereocenters. The van der Waals surface area contributed by atoms with E-state index in [2.05, 4.69) is 4.99 Å². The van der Waals surface area contributed by atoms with E-state index in [-0.39, 0.29) is 0 Å². The van der Waals surface area contributed by atoms with Crippen LogP contribution in [0, 0.1) is 0 Å². The minimum absolute atomic E-state index is 1.09. The van der Waals surface area contributed by atoms with E-state index in [1.54, 1.807) is 6.34 Å². The number of hydrogen-bond donors (Lipinski definition) is 1. The summed E-state index contributed by atoms with van der Waals surface area (Å²) in [6.45, 7) is 1.97. The van der Waals surface area contributed by atoms with Crippen molar-refractivity contribution < 1.29 is 31.5 Å². The summed E-state index contributed by atoms with van der Waals surface area (Å²) in [5.41, 5.74) is -4.55. The topological polar surface area (TPSA) is 86.2 Å². The number of alkyl halides is 3. The molecule has 0 aliphatic carbocycles. The van der Waals surface area contributed by atoms with Gasteiger partial charge < -0.3 is 4.55 Å². The van der Waals surface area contributed by atoms with Gasteiger partial charge in [-0.15, -0.1) is 0 Å². The molecule has 0 spiro atoms. The summed E-state index contributed by atoms with van der Waals surface area (Å²) < 4.78 is 58.9. The highest BCUT2D eigenvalue weighted by Crippen LogP contribution is 2.20. The summed E-state index contributed by atoms with van der Waals surface area (Å²) in [6, 6.07) is 0. The number of aliphatic imine (C=N–C) groups is 1. The molecule has 0 aromatic rings. The summed E-state index contributed by atoms with van der Waals surface area (Å²) in [4.78, 5) is 3.92. The van der Waals surface area contributed by atoms with Crippen LogP contribution < -0.4 is 5.32 Å². The molecule has 0 aromatic carbocycles. The van der Waals surface area contributed by atoms with Crippen LogP contribution in [0.3, 0.4) is 0 Å². The molecule has 1 rings (SSSR count).